The molecule has 0 saturated carbocycles. The van der Waals surface area contributed by atoms with Crippen LogP contribution in [0.15, 0.2) is 29.7 Å². The molecule has 1 aromatic rings. The summed E-state index contributed by atoms with van der Waals surface area (Å²) in [6, 6.07) is 1.49. The highest BCUT2D eigenvalue weighted by Crippen LogP contribution is 2.21. The number of nitrogens with one attached hydrogen (secondary N) is 1. The van der Waals surface area contributed by atoms with Crippen LogP contribution in [-0.4, -0.2) is 20.7 Å². The second kappa shape index (κ2) is 5.36. The maximum absolute atomic E-state index is 13.9. The number of carbonyl (C=O) groups excluding carboxylic acids is 1. The normalized spacial score (nSPS) is 11.3. The maximum atomic E-state index is 13.9. The predicted molar refractivity (Wildman–Crippen MR) is 61.7 cm³/mol. The molecule has 0 unspecified atom stereocenters. The molecule has 7 heteroatoms. The minimum atomic E-state index is -4.10. The average molecular weight is 275 g/mol. The van der Waals surface area contributed by atoms with E-state index >= 15 is 0 Å². The van der Waals surface area contributed by atoms with Gasteiger partial charge in [0.25, 0.3) is 0 Å². The average Bonchev–Trinajstić information content (AvgIpc) is 2.28. The Kier molecular flexibility index (Phi) is 4.31. The number of halogens is 2. The maximum Gasteiger partial charge on any atom is 0.243 e. The Morgan fingerprint density at radius 2 is 2.06 bits per heavy atom. The van der Waals surface area contributed by atoms with E-state index in [-0.39, 0.29) is 6.54 Å². The van der Waals surface area contributed by atoms with Gasteiger partial charge in [0.2, 0.25) is 10.0 Å². The number of sulfonamides is 1. The lowest BCUT2D eigenvalue weighted by Gasteiger charge is -2.08. The van der Waals surface area contributed by atoms with Crippen LogP contribution in [-0.2, 0) is 10.0 Å². The molecule has 0 aliphatic carbocycles. The highest BCUT2D eigenvalue weighted by Gasteiger charge is 2.25. The van der Waals surface area contributed by atoms with E-state index in [1.54, 1.807) is 0 Å². The number of ketones is 1. The molecule has 0 aromatic heterocycles. The first-order valence-corrected chi connectivity index (χ1v) is 6.48. The number of rotatable bonds is 5. The second-order valence-corrected chi connectivity index (χ2v) is 5.04. The van der Waals surface area contributed by atoms with Crippen LogP contribution < -0.4 is 4.72 Å². The highest BCUT2D eigenvalue weighted by molar-refractivity contribution is 7.89. The zero-order valence-corrected chi connectivity index (χ0v) is 10.4. The van der Waals surface area contributed by atoms with Gasteiger partial charge >= 0.3 is 0 Å². The summed E-state index contributed by atoms with van der Waals surface area (Å²) in [7, 11) is -4.10. The van der Waals surface area contributed by atoms with Crippen LogP contribution in [0.2, 0.25) is 0 Å². The van der Waals surface area contributed by atoms with Gasteiger partial charge in [-0.25, -0.2) is 21.9 Å². The first kappa shape index (κ1) is 14.5. The zero-order chi connectivity index (χ0) is 13.9. The molecule has 1 N–H and O–H groups in total. The summed E-state index contributed by atoms with van der Waals surface area (Å²) < 4.78 is 52.5. The van der Waals surface area contributed by atoms with E-state index in [1.165, 1.54) is 6.92 Å². The third-order valence-corrected chi connectivity index (χ3v) is 3.67. The molecule has 18 heavy (non-hydrogen) atoms. The van der Waals surface area contributed by atoms with Gasteiger partial charge in [-0.3, -0.25) is 4.79 Å². The second-order valence-electron chi connectivity index (χ2n) is 3.30. The molecule has 0 saturated heterocycles. The summed E-state index contributed by atoms with van der Waals surface area (Å²) in [6.45, 7) is 4.65. The Balaban J connectivity index is 3.52. The molecule has 4 nitrogen and oxygen atoms in total. The van der Waals surface area contributed by atoms with Gasteiger partial charge in [-0.05, 0) is 18.2 Å². The van der Waals surface area contributed by atoms with E-state index in [1.807, 2.05) is 0 Å². The fraction of sp³-hybridized carbons (Fsp3) is 0.182. The molecule has 98 valence electrons. The van der Waals surface area contributed by atoms with Crippen LogP contribution in [0.5, 0.6) is 0 Å². The first-order valence-electron chi connectivity index (χ1n) is 4.99. The van der Waals surface area contributed by atoms with Crippen molar-refractivity contribution >= 4 is 15.8 Å². The Hall–Kier alpha value is -1.60. The van der Waals surface area contributed by atoms with Crippen molar-refractivity contribution in [1.29, 1.82) is 0 Å². The molecule has 0 amide bonds. The number of benzene rings is 1. The summed E-state index contributed by atoms with van der Waals surface area (Å²) in [5, 5.41) is 0. The largest absolute Gasteiger partial charge is 0.289 e. The van der Waals surface area contributed by atoms with Crippen molar-refractivity contribution in [3.05, 3.63) is 42.0 Å². The minimum absolute atomic E-state index is 0.0455. The fourth-order valence-electron chi connectivity index (χ4n) is 1.34. The third-order valence-electron chi connectivity index (χ3n) is 2.11. The van der Waals surface area contributed by atoms with Gasteiger partial charge in [0.15, 0.2) is 11.6 Å². The smallest absolute Gasteiger partial charge is 0.243 e. The molecular weight excluding hydrogens is 264 g/mol. The van der Waals surface area contributed by atoms with E-state index in [4.69, 9.17) is 0 Å². The monoisotopic (exact) mass is 275 g/mol. The van der Waals surface area contributed by atoms with E-state index in [9.17, 15) is 22.0 Å². The SMILES string of the molecule is C=CC(=O)c1c(F)ccc(S(=O)(=O)NCC)c1F. The summed E-state index contributed by atoms with van der Waals surface area (Å²) in [5.41, 5.74) is -0.927. The summed E-state index contributed by atoms with van der Waals surface area (Å²) >= 11 is 0. The van der Waals surface area contributed by atoms with Gasteiger partial charge in [0, 0.05) is 6.54 Å². The highest BCUT2D eigenvalue weighted by atomic mass is 32.2. The summed E-state index contributed by atoms with van der Waals surface area (Å²) in [6.07, 6.45) is 0.713. The van der Waals surface area contributed by atoms with Gasteiger partial charge in [-0.2, -0.15) is 0 Å². The molecule has 0 spiro atoms. The van der Waals surface area contributed by atoms with Crippen molar-refractivity contribution in [2.24, 2.45) is 0 Å². The van der Waals surface area contributed by atoms with Crippen LogP contribution in [0.25, 0.3) is 0 Å². The van der Waals surface area contributed by atoms with Crippen molar-refractivity contribution in [3.63, 3.8) is 0 Å². The van der Waals surface area contributed by atoms with Crippen molar-refractivity contribution in [2.75, 3.05) is 6.54 Å². The van der Waals surface area contributed by atoms with Crippen molar-refractivity contribution in [1.82, 2.24) is 4.72 Å². The Morgan fingerprint density at radius 1 is 1.44 bits per heavy atom. The van der Waals surface area contributed by atoms with Crippen molar-refractivity contribution < 1.29 is 22.0 Å². The minimum Gasteiger partial charge on any atom is -0.289 e. The van der Waals surface area contributed by atoms with Crippen molar-refractivity contribution in [3.8, 4) is 0 Å². The van der Waals surface area contributed by atoms with E-state index in [0.717, 1.165) is 12.1 Å². The molecule has 0 atom stereocenters. The van der Waals surface area contributed by atoms with Crippen LogP contribution in [0.4, 0.5) is 8.78 Å². The molecule has 0 aliphatic rings. The quantitative estimate of drug-likeness (QED) is 0.656. The van der Waals surface area contributed by atoms with E-state index in [2.05, 4.69) is 11.3 Å². The Labute approximate surface area is 103 Å². The van der Waals surface area contributed by atoms with Crippen molar-refractivity contribution in [2.45, 2.75) is 11.8 Å². The lowest BCUT2D eigenvalue weighted by molar-refractivity contribution is 0.103. The van der Waals surface area contributed by atoms with Gasteiger partial charge in [-0.1, -0.05) is 13.5 Å². The molecule has 0 aliphatic heterocycles. The Morgan fingerprint density at radius 3 is 2.56 bits per heavy atom. The molecule has 0 bridgehead atoms. The lowest BCUT2D eigenvalue weighted by Crippen LogP contribution is -2.25. The molecule has 1 aromatic carbocycles. The topological polar surface area (TPSA) is 63.2 Å². The van der Waals surface area contributed by atoms with E-state index in [0.29, 0.717) is 6.08 Å². The summed E-state index contributed by atoms with van der Waals surface area (Å²) in [5.74, 6) is -3.56. The van der Waals surface area contributed by atoms with Gasteiger partial charge < -0.3 is 0 Å². The Bertz CT molecular complexity index is 597. The number of hydrogen-bond donors (Lipinski definition) is 1. The molecule has 0 heterocycles. The predicted octanol–water partition coefficient (Wildman–Crippen LogP) is 1.63. The van der Waals surface area contributed by atoms with Gasteiger partial charge in [0.05, 0.1) is 5.56 Å². The molecule has 0 fully saturated rings. The summed E-state index contributed by atoms with van der Waals surface area (Å²) in [4.78, 5) is 10.5. The molecule has 0 radical (unpaired) electrons. The first-order chi connectivity index (χ1) is 8.35. The van der Waals surface area contributed by atoms with Crippen LogP contribution in [0.1, 0.15) is 17.3 Å². The van der Waals surface area contributed by atoms with Crippen LogP contribution in [0.3, 0.4) is 0 Å². The van der Waals surface area contributed by atoms with E-state index < -0.39 is 37.9 Å². The lowest BCUT2D eigenvalue weighted by atomic mass is 10.1. The van der Waals surface area contributed by atoms with Gasteiger partial charge in [0.1, 0.15) is 10.7 Å². The third kappa shape index (κ3) is 2.62. The fourth-order valence-corrected chi connectivity index (χ4v) is 2.46. The number of hydrogen-bond acceptors (Lipinski definition) is 3. The molecular formula is C11H11F2NO3S. The number of allylic oxidation sites excluding steroid dienone is 1. The van der Waals surface area contributed by atoms with Gasteiger partial charge in [-0.15, -0.1) is 0 Å². The molecule has 1 rings (SSSR count). The zero-order valence-electron chi connectivity index (χ0n) is 9.54. The number of carbonyl (C=O) groups is 1. The van der Waals surface area contributed by atoms with Crippen LogP contribution in [0, 0.1) is 11.6 Å². The standard InChI is InChI=1S/C11H11F2NO3S/c1-3-8(15)10-7(12)5-6-9(11(10)13)18(16,17)14-4-2/h3,5-6,14H,1,4H2,2H3. The van der Waals surface area contributed by atoms with Crippen LogP contribution >= 0.6 is 0 Å².